The van der Waals surface area contributed by atoms with Gasteiger partial charge in [-0.25, -0.2) is 0 Å². The van der Waals surface area contributed by atoms with Crippen LogP contribution in [-0.4, -0.2) is 0 Å². The largest absolute Gasteiger partial charge is 0.310 e. The summed E-state index contributed by atoms with van der Waals surface area (Å²) in [6.45, 7) is 0. The molecule has 0 fully saturated rings. The molecule has 0 aromatic heterocycles. The van der Waals surface area contributed by atoms with E-state index < -0.39 is 0 Å². The van der Waals surface area contributed by atoms with E-state index in [1.165, 1.54) is 21.5 Å². The van der Waals surface area contributed by atoms with Gasteiger partial charge >= 0.3 is 0 Å². The summed E-state index contributed by atoms with van der Waals surface area (Å²) in [6, 6.07) is 44.1. The summed E-state index contributed by atoms with van der Waals surface area (Å²) in [6.07, 6.45) is 0. The van der Waals surface area contributed by atoms with E-state index in [1.54, 1.807) is 0 Å². The second-order valence-electron chi connectivity index (χ2n) is 8.09. The predicted octanol–water partition coefficient (Wildman–Crippen LogP) is 9.13. The molecule has 0 atom stereocenters. The summed E-state index contributed by atoms with van der Waals surface area (Å²) in [5.41, 5.74) is 5.35. The van der Waals surface area contributed by atoms with Crippen molar-refractivity contribution in [1.82, 2.24) is 0 Å². The van der Waals surface area contributed by atoms with Crippen LogP contribution < -0.4 is 4.90 Å². The number of benzene rings is 6. The van der Waals surface area contributed by atoms with Gasteiger partial charge in [-0.2, -0.15) is 0 Å². The van der Waals surface area contributed by atoms with Gasteiger partial charge in [-0.1, -0.05) is 109 Å². The summed E-state index contributed by atoms with van der Waals surface area (Å²) in [5, 5.41) is 4.82. The Balaban J connectivity index is 1.56. The van der Waals surface area contributed by atoms with Gasteiger partial charge in [-0.15, -0.1) is 0 Å². The topological polar surface area (TPSA) is 3.24 Å². The molecule has 0 radical (unpaired) electrons. The van der Waals surface area contributed by atoms with E-state index in [0.29, 0.717) is 12.1 Å². The SMILES string of the molecule is [3H]c1ccc(-c2ccc(N(c3ccc([3H])cc3)c3cc4ccccc4c4ccccc34)cc2)cc1. The molecule has 156 valence electrons. The highest BCUT2D eigenvalue weighted by Gasteiger charge is 2.17. The van der Waals surface area contributed by atoms with Crippen molar-refractivity contribution >= 4 is 38.6 Å². The minimum atomic E-state index is 0.491. The summed E-state index contributed by atoms with van der Waals surface area (Å²) in [4.78, 5) is 2.27. The van der Waals surface area contributed by atoms with Gasteiger partial charge in [0.1, 0.15) is 0 Å². The molecule has 0 unspecified atom stereocenters. The molecule has 0 aliphatic rings. The van der Waals surface area contributed by atoms with Crippen molar-refractivity contribution in [3.63, 3.8) is 0 Å². The molecule has 0 bridgehead atoms. The number of para-hydroxylation sites is 1. The molecule has 6 rings (SSSR count). The lowest BCUT2D eigenvalue weighted by Gasteiger charge is -2.27. The Kier molecular flexibility index (Phi) is 4.33. The van der Waals surface area contributed by atoms with Crippen LogP contribution in [0.5, 0.6) is 0 Å². The molecule has 0 saturated heterocycles. The first kappa shape index (κ1) is 17.2. The van der Waals surface area contributed by atoms with Crippen LogP contribution in [0, 0.1) is 0 Å². The number of rotatable bonds is 4. The molecule has 0 aliphatic carbocycles. The zero-order chi connectivity index (χ0) is 23.8. The van der Waals surface area contributed by atoms with Crippen molar-refractivity contribution in [2.24, 2.45) is 0 Å². The Labute approximate surface area is 197 Å². The standard InChI is InChI=1S/C32H23N/c1-3-11-24(12-4-1)25-19-21-28(22-20-25)33(27-14-5-2-6-15-27)32-23-26-13-7-8-16-29(26)30-17-9-10-18-31(30)32/h1-23H/i1T,2T. The maximum atomic E-state index is 7.99. The Morgan fingerprint density at radius 1 is 0.455 bits per heavy atom. The maximum Gasteiger partial charge on any atom is 0.0623 e. The fourth-order valence-electron chi connectivity index (χ4n) is 4.56. The third-order valence-electron chi connectivity index (χ3n) is 6.12. The van der Waals surface area contributed by atoms with Crippen molar-refractivity contribution in [2.75, 3.05) is 4.90 Å². The molecule has 6 aromatic rings. The lowest BCUT2D eigenvalue weighted by molar-refractivity contribution is 1.30. The molecule has 1 nitrogen and oxygen atoms in total. The van der Waals surface area contributed by atoms with Crippen LogP contribution >= 0.6 is 0 Å². The first-order valence-corrected chi connectivity index (χ1v) is 11.1. The van der Waals surface area contributed by atoms with Crippen LogP contribution in [0.15, 0.2) is 139 Å². The van der Waals surface area contributed by atoms with Gasteiger partial charge in [0, 0.05) is 16.8 Å². The van der Waals surface area contributed by atoms with Crippen molar-refractivity contribution in [3.8, 4) is 11.1 Å². The lowest BCUT2D eigenvalue weighted by Crippen LogP contribution is -2.10. The van der Waals surface area contributed by atoms with Crippen molar-refractivity contribution in [1.29, 1.82) is 0 Å². The fourth-order valence-corrected chi connectivity index (χ4v) is 4.56. The van der Waals surface area contributed by atoms with Gasteiger partial charge in [0.05, 0.1) is 8.43 Å². The van der Waals surface area contributed by atoms with E-state index in [9.17, 15) is 0 Å². The maximum absolute atomic E-state index is 7.99. The highest BCUT2D eigenvalue weighted by Crippen LogP contribution is 2.42. The van der Waals surface area contributed by atoms with Gasteiger partial charge in [0.2, 0.25) is 0 Å². The third kappa shape index (κ3) is 3.54. The van der Waals surface area contributed by atoms with Crippen LogP contribution in [-0.2, 0) is 0 Å². The Morgan fingerprint density at radius 2 is 1.00 bits per heavy atom. The molecule has 33 heavy (non-hydrogen) atoms. The number of fused-ring (bicyclic) bond motifs is 3. The average molecular weight is 426 g/mol. The van der Waals surface area contributed by atoms with Crippen molar-refractivity contribution < 1.29 is 2.74 Å². The van der Waals surface area contributed by atoms with Crippen molar-refractivity contribution in [2.45, 2.75) is 0 Å². The quantitative estimate of drug-likeness (QED) is 0.255. The van der Waals surface area contributed by atoms with E-state index in [0.717, 1.165) is 28.2 Å². The molecular weight excluding hydrogens is 398 g/mol. The van der Waals surface area contributed by atoms with Crippen LogP contribution in [0.1, 0.15) is 2.74 Å². The molecule has 0 saturated carbocycles. The van der Waals surface area contributed by atoms with E-state index >= 15 is 0 Å². The predicted molar refractivity (Wildman–Crippen MR) is 142 cm³/mol. The molecule has 0 aliphatic heterocycles. The average Bonchev–Trinajstić information content (AvgIpc) is 2.91. The lowest BCUT2D eigenvalue weighted by atomic mass is 9.98. The van der Waals surface area contributed by atoms with Crippen molar-refractivity contribution in [3.05, 3.63) is 139 Å². The molecule has 0 amide bonds. The van der Waals surface area contributed by atoms with Gasteiger partial charge in [-0.05, 0) is 57.6 Å². The highest BCUT2D eigenvalue weighted by molar-refractivity contribution is 6.14. The van der Waals surface area contributed by atoms with Gasteiger partial charge < -0.3 is 4.90 Å². The summed E-state index contributed by atoms with van der Waals surface area (Å²) in [7, 11) is 0. The van der Waals surface area contributed by atoms with Crippen LogP contribution in [0.25, 0.3) is 32.7 Å². The molecule has 6 aromatic carbocycles. The number of hydrogen-bond donors (Lipinski definition) is 0. The monoisotopic (exact) mass is 425 g/mol. The smallest absolute Gasteiger partial charge is 0.0623 e. The van der Waals surface area contributed by atoms with Gasteiger partial charge in [0.25, 0.3) is 0 Å². The van der Waals surface area contributed by atoms with Crippen LogP contribution in [0.4, 0.5) is 17.1 Å². The van der Waals surface area contributed by atoms with Crippen LogP contribution in [0.2, 0.25) is 0 Å². The van der Waals surface area contributed by atoms with E-state index in [1.807, 2.05) is 48.5 Å². The number of hydrogen-bond acceptors (Lipinski definition) is 1. The van der Waals surface area contributed by atoms with E-state index in [2.05, 4.69) is 83.8 Å². The first-order chi connectivity index (χ1) is 17.2. The summed E-state index contributed by atoms with van der Waals surface area (Å²) >= 11 is 0. The zero-order valence-corrected chi connectivity index (χ0v) is 18.1. The summed E-state index contributed by atoms with van der Waals surface area (Å²) < 4.78 is 15.7. The third-order valence-corrected chi connectivity index (χ3v) is 6.12. The fraction of sp³-hybridized carbons (Fsp3) is 0. The Morgan fingerprint density at radius 3 is 1.73 bits per heavy atom. The zero-order valence-electron chi connectivity index (χ0n) is 20.1. The van der Waals surface area contributed by atoms with Gasteiger partial charge in [-0.3, -0.25) is 0 Å². The minimum Gasteiger partial charge on any atom is -0.310 e. The molecular formula is C32H23N. The Bertz CT molecular complexity index is 1640. The molecule has 1 heteroatoms. The molecule has 0 heterocycles. The summed E-state index contributed by atoms with van der Waals surface area (Å²) in [5.74, 6) is 0. The highest BCUT2D eigenvalue weighted by atomic mass is 15.1. The van der Waals surface area contributed by atoms with Gasteiger partial charge in [0.15, 0.2) is 0 Å². The second kappa shape index (κ2) is 8.29. The van der Waals surface area contributed by atoms with E-state index in [4.69, 9.17) is 2.74 Å². The second-order valence-corrected chi connectivity index (χ2v) is 8.09. The molecule has 0 N–H and O–H groups in total. The van der Waals surface area contributed by atoms with E-state index in [-0.39, 0.29) is 0 Å². The molecule has 0 spiro atoms. The normalized spacial score (nSPS) is 11.9. The minimum absolute atomic E-state index is 0.491. The number of nitrogens with zero attached hydrogens (tertiary/aromatic N) is 1. The first-order valence-electron chi connectivity index (χ1n) is 12.1. The van der Waals surface area contributed by atoms with Crippen LogP contribution in [0.3, 0.4) is 0 Å². The Hall–Kier alpha value is -4.36. The number of anilines is 3.